The van der Waals surface area contributed by atoms with Crippen LogP contribution in [0.5, 0.6) is 0 Å². The number of carbonyl (C=O) groups excluding carboxylic acids is 1. The quantitative estimate of drug-likeness (QED) is 0.613. The minimum absolute atomic E-state index is 0.257. The summed E-state index contributed by atoms with van der Waals surface area (Å²) in [4.78, 5) is 16.9. The van der Waals surface area contributed by atoms with E-state index < -0.39 is 0 Å². The van der Waals surface area contributed by atoms with Gasteiger partial charge >= 0.3 is 0 Å². The number of anilines is 1. The number of nitrogens with zero attached hydrogens (tertiary/aromatic N) is 5. The van der Waals surface area contributed by atoms with Crippen molar-refractivity contribution in [2.75, 3.05) is 5.32 Å². The number of carbonyl (C=O) groups is 1. The van der Waals surface area contributed by atoms with Crippen LogP contribution in [0.3, 0.4) is 0 Å². The first-order valence-electron chi connectivity index (χ1n) is 7.45. The third kappa shape index (κ3) is 3.29. The molecule has 1 amide bonds. The van der Waals surface area contributed by atoms with Gasteiger partial charge in [0.05, 0.1) is 5.69 Å². The summed E-state index contributed by atoms with van der Waals surface area (Å²) in [6.07, 6.45) is 1.49. The molecule has 4 aromatic rings. The Morgan fingerprint density at radius 3 is 2.76 bits per heavy atom. The third-order valence-electron chi connectivity index (χ3n) is 3.48. The van der Waals surface area contributed by atoms with E-state index in [1.54, 1.807) is 17.5 Å². The van der Waals surface area contributed by atoms with Gasteiger partial charge in [0, 0.05) is 16.6 Å². The number of thiazole rings is 1. The van der Waals surface area contributed by atoms with Crippen molar-refractivity contribution < 1.29 is 4.79 Å². The van der Waals surface area contributed by atoms with Crippen LogP contribution in [0, 0.1) is 0 Å². The molecular weight excluding hydrogens is 336 g/mol. The molecular formula is C17H12N6OS. The molecule has 0 bridgehead atoms. The number of amides is 1. The van der Waals surface area contributed by atoms with Gasteiger partial charge in [0.2, 0.25) is 0 Å². The lowest BCUT2D eigenvalue weighted by molar-refractivity contribution is 0.102. The summed E-state index contributed by atoms with van der Waals surface area (Å²) >= 11 is 1.44. The number of rotatable bonds is 4. The fourth-order valence-corrected chi connectivity index (χ4v) is 3.10. The summed E-state index contributed by atoms with van der Waals surface area (Å²) in [5, 5.41) is 16.5. The van der Waals surface area contributed by atoms with Crippen molar-refractivity contribution in [3.05, 3.63) is 72.0 Å². The van der Waals surface area contributed by atoms with E-state index in [9.17, 15) is 4.79 Å². The summed E-state index contributed by atoms with van der Waals surface area (Å²) in [6, 6.07) is 17.0. The summed E-state index contributed by atoms with van der Waals surface area (Å²) in [6.45, 7) is 0. The molecule has 0 aliphatic heterocycles. The Labute approximate surface area is 147 Å². The summed E-state index contributed by atoms with van der Waals surface area (Å²) in [5.74, 6) is -0.257. The number of aromatic nitrogens is 5. The first kappa shape index (κ1) is 15.2. The monoisotopic (exact) mass is 348 g/mol. The van der Waals surface area contributed by atoms with E-state index in [2.05, 4.69) is 25.8 Å². The van der Waals surface area contributed by atoms with Crippen LogP contribution in [0.25, 0.3) is 16.3 Å². The zero-order valence-electron chi connectivity index (χ0n) is 12.9. The topological polar surface area (TPSA) is 85.6 Å². The smallest absolute Gasteiger partial charge is 0.275 e. The molecule has 0 spiro atoms. The van der Waals surface area contributed by atoms with Gasteiger partial charge in [-0.1, -0.05) is 36.4 Å². The first-order valence-corrected chi connectivity index (χ1v) is 8.33. The van der Waals surface area contributed by atoms with Crippen molar-refractivity contribution in [3.8, 4) is 16.3 Å². The summed E-state index contributed by atoms with van der Waals surface area (Å²) < 4.78 is 1.52. The van der Waals surface area contributed by atoms with Gasteiger partial charge in [0.25, 0.3) is 5.91 Å². The van der Waals surface area contributed by atoms with Crippen molar-refractivity contribution in [2.45, 2.75) is 0 Å². The molecule has 0 aliphatic rings. The molecule has 2 aromatic carbocycles. The molecule has 0 atom stereocenters. The van der Waals surface area contributed by atoms with E-state index in [-0.39, 0.29) is 5.91 Å². The molecule has 2 aromatic heterocycles. The van der Waals surface area contributed by atoms with Gasteiger partial charge in [0.15, 0.2) is 0 Å². The van der Waals surface area contributed by atoms with Crippen LogP contribution in [0.2, 0.25) is 0 Å². The maximum atomic E-state index is 12.4. The molecule has 25 heavy (non-hydrogen) atoms. The molecule has 0 fully saturated rings. The fraction of sp³-hybridized carbons (Fsp3) is 0. The second-order valence-electron chi connectivity index (χ2n) is 5.16. The highest BCUT2D eigenvalue weighted by atomic mass is 32.1. The molecule has 8 heteroatoms. The normalized spacial score (nSPS) is 10.6. The van der Waals surface area contributed by atoms with Crippen molar-refractivity contribution in [1.82, 2.24) is 25.2 Å². The Hall–Kier alpha value is -3.39. The molecule has 1 N–H and O–H groups in total. The van der Waals surface area contributed by atoms with Crippen LogP contribution in [0.4, 0.5) is 5.69 Å². The average molecular weight is 348 g/mol. The lowest BCUT2D eigenvalue weighted by Crippen LogP contribution is -2.12. The minimum Gasteiger partial charge on any atom is -0.321 e. The number of nitrogens with one attached hydrogen (secondary N) is 1. The van der Waals surface area contributed by atoms with E-state index in [4.69, 9.17) is 0 Å². The molecule has 0 radical (unpaired) electrons. The molecule has 4 rings (SSSR count). The van der Waals surface area contributed by atoms with Crippen LogP contribution in [0.1, 0.15) is 10.5 Å². The Morgan fingerprint density at radius 2 is 1.96 bits per heavy atom. The largest absolute Gasteiger partial charge is 0.321 e. The highest BCUT2D eigenvalue weighted by molar-refractivity contribution is 7.13. The highest BCUT2D eigenvalue weighted by Crippen LogP contribution is 2.24. The first-order chi connectivity index (χ1) is 12.3. The van der Waals surface area contributed by atoms with Gasteiger partial charge in [-0.15, -0.1) is 16.4 Å². The van der Waals surface area contributed by atoms with Crippen LogP contribution >= 0.6 is 11.3 Å². The maximum Gasteiger partial charge on any atom is 0.275 e. The van der Waals surface area contributed by atoms with Gasteiger partial charge < -0.3 is 5.32 Å². The van der Waals surface area contributed by atoms with Crippen molar-refractivity contribution in [3.63, 3.8) is 0 Å². The molecule has 122 valence electrons. The molecule has 0 saturated carbocycles. The third-order valence-corrected chi connectivity index (χ3v) is 4.37. The zero-order chi connectivity index (χ0) is 17.1. The Balaban J connectivity index is 1.53. The van der Waals surface area contributed by atoms with Crippen molar-refractivity contribution >= 4 is 22.9 Å². The summed E-state index contributed by atoms with van der Waals surface area (Å²) in [7, 11) is 0. The van der Waals surface area contributed by atoms with Gasteiger partial charge in [-0.2, -0.15) is 0 Å². The average Bonchev–Trinajstić information content (AvgIpc) is 3.35. The Kier molecular flexibility index (Phi) is 4.01. The molecule has 2 heterocycles. The summed E-state index contributed by atoms with van der Waals surface area (Å²) in [5.41, 5.74) is 2.78. The SMILES string of the molecule is O=C(Nc1cccc(-n2cnnn2)c1)c1csc(-c2ccccc2)n1. The van der Waals surface area contributed by atoms with E-state index in [1.807, 2.05) is 42.5 Å². The molecule has 0 saturated heterocycles. The van der Waals surface area contributed by atoms with Crippen molar-refractivity contribution in [1.29, 1.82) is 0 Å². The number of hydrogen-bond acceptors (Lipinski definition) is 6. The van der Waals surface area contributed by atoms with Crippen LogP contribution in [-0.2, 0) is 0 Å². The predicted molar refractivity (Wildman–Crippen MR) is 94.7 cm³/mol. The van der Waals surface area contributed by atoms with Gasteiger partial charge in [0.1, 0.15) is 17.0 Å². The second kappa shape index (κ2) is 6.62. The lowest BCUT2D eigenvalue weighted by Gasteiger charge is -2.05. The van der Waals surface area contributed by atoms with E-state index in [0.717, 1.165) is 16.3 Å². The Morgan fingerprint density at radius 1 is 1.08 bits per heavy atom. The predicted octanol–water partition coefficient (Wildman–Crippen LogP) is 3.04. The number of hydrogen-bond donors (Lipinski definition) is 1. The van der Waals surface area contributed by atoms with Crippen molar-refractivity contribution in [2.24, 2.45) is 0 Å². The van der Waals surface area contributed by atoms with Crippen LogP contribution < -0.4 is 5.32 Å². The molecule has 0 unspecified atom stereocenters. The second-order valence-corrected chi connectivity index (χ2v) is 6.02. The van der Waals surface area contributed by atoms with Crippen LogP contribution in [0.15, 0.2) is 66.3 Å². The Bertz CT molecular complexity index is 997. The highest BCUT2D eigenvalue weighted by Gasteiger charge is 2.12. The fourth-order valence-electron chi connectivity index (χ4n) is 2.29. The number of tetrazole rings is 1. The number of benzene rings is 2. The standard InChI is InChI=1S/C17H12N6OS/c24-16(15-10-25-17(20-15)12-5-2-1-3-6-12)19-13-7-4-8-14(9-13)23-11-18-21-22-23/h1-11H,(H,19,24). The van der Waals surface area contributed by atoms with Crippen LogP contribution in [-0.4, -0.2) is 31.1 Å². The van der Waals surface area contributed by atoms with E-state index in [0.29, 0.717) is 11.4 Å². The minimum atomic E-state index is -0.257. The lowest BCUT2D eigenvalue weighted by atomic mass is 10.2. The molecule has 7 nitrogen and oxygen atoms in total. The van der Waals surface area contributed by atoms with E-state index in [1.165, 1.54) is 22.3 Å². The van der Waals surface area contributed by atoms with Gasteiger partial charge in [-0.25, -0.2) is 9.67 Å². The maximum absolute atomic E-state index is 12.4. The van der Waals surface area contributed by atoms with Gasteiger partial charge in [-0.05, 0) is 28.6 Å². The van der Waals surface area contributed by atoms with Gasteiger partial charge in [-0.3, -0.25) is 4.79 Å². The molecule has 0 aliphatic carbocycles. The zero-order valence-corrected chi connectivity index (χ0v) is 13.7. The van der Waals surface area contributed by atoms with E-state index >= 15 is 0 Å².